The summed E-state index contributed by atoms with van der Waals surface area (Å²) >= 11 is 12.2. The molecule has 0 aliphatic carbocycles. The Morgan fingerprint density at radius 3 is 2.41 bits per heavy atom. The fourth-order valence-corrected chi connectivity index (χ4v) is 2.15. The smallest absolute Gasteiger partial charge is 0.139 e. The van der Waals surface area contributed by atoms with E-state index in [2.05, 4.69) is 0 Å². The predicted molar refractivity (Wildman–Crippen MR) is 72.0 cm³/mol. The number of hydrogen-bond acceptors (Lipinski definition) is 2. The molecule has 0 aromatic heterocycles. The Morgan fingerprint density at radius 2 is 1.88 bits per heavy atom. The van der Waals surface area contributed by atoms with Gasteiger partial charge in [-0.05, 0) is 25.3 Å². The topological polar surface area (TPSA) is 29.5 Å². The van der Waals surface area contributed by atoms with E-state index in [0.717, 1.165) is 0 Å². The van der Waals surface area contributed by atoms with Crippen LogP contribution in [0.1, 0.15) is 38.9 Å². The minimum absolute atomic E-state index is 0.395. The van der Waals surface area contributed by atoms with Gasteiger partial charge in [0, 0.05) is 11.6 Å². The van der Waals surface area contributed by atoms with Crippen LogP contribution in [0.4, 0.5) is 0 Å². The summed E-state index contributed by atoms with van der Waals surface area (Å²) in [6, 6.07) is 3.34. The lowest BCUT2D eigenvalue weighted by Crippen LogP contribution is -2.03. The zero-order chi connectivity index (χ0) is 13.0. The van der Waals surface area contributed by atoms with Crippen molar-refractivity contribution in [2.75, 3.05) is 6.61 Å². The maximum Gasteiger partial charge on any atom is 0.139 e. The first-order chi connectivity index (χ1) is 7.95. The molecule has 0 fully saturated rings. The van der Waals surface area contributed by atoms with Crippen LogP contribution in [0.15, 0.2) is 12.1 Å². The second kappa shape index (κ2) is 6.48. The summed E-state index contributed by atoms with van der Waals surface area (Å²) in [6.07, 6.45) is 0.0694. The Balaban J connectivity index is 2.98. The van der Waals surface area contributed by atoms with Crippen LogP contribution in [-0.2, 0) is 0 Å². The van der Waals surface area contributed by atoms with E-state index in [1.165, 1.54) is 0 Å². The highest BCUT2D eigenvalue weighted by atomic mass is 35.5. The molecule has 0 saturated heterocycles. The summed E-state index contributed by atoms with van der Waals surface area (Å²) < 4.78 is 5.34. The number of ether oxygens (including phenoxy) is 1. The average molecular weight is 277 g/mol. The molecule has 0 saturated carbocycles. The van der Waals surface area contributed by atoms with Gasteiger partial charge in [0.05, 0.1) is 22.8 Å². The van der Waals surface area contributed by atoms with Crippen LogP contribution < -0.4 is 4.74 Å². The molecule has 0 bridgehead atoms. The highest BCUT2D eigenvalue weighted by Gasteiger charge is 2.16. The predicted octanol–water partition coefficient (Wildman–Crippen LogP) is 4.47. The molecule has 1 N–H and O–H groups in total. The van der Waals surface area contributed by atoms with Gasteiger partial charge in [-0.3, -0.25) is 0 Å². The lowest BCUT2D eigenvalue weighted by atomic mass is 9.99. The standard InChI is InChI=1S/C13H18Cl2O2/c1-4-17-13-7-10(14)9(6-11(13)15)12(16)5-8(2)3/h6-8,12,16H,4-5H2,1-3H3. The van der Waals surface area contributed by atoms with Gasteiger partial charge in [-0.15, -0.1) is 0 Å². The number of aliphatic hydroxyl groups is 1. The van der Waals surface area contributed by atoms with Gasteiger partial charge in [-0.1, -0.05) is 37.0 Å². The number of hydrogen-bond donors (Lipinski definition) is 1. The first-order valence-corrected chi connectivity index (χ1v) is 6.51. The van der Waals surface area contributed by atoms with E-state index in [1.54, 1.807) is 12.1 Å². The van der Waals surface area contributed by atoms with Gasteiger partial charge in [0.2, 0.25) is 0 Å². The first-order valence-electron chi connectivity index (χ1n) is 5.75. The molecule has 4 heteroatoms. The van der Waals surface area contributed by atoms with Gasteiger partial charge in [0.25, 0.3) is 0 Å². The second-order valence-electron chi connectivity index (χ2n) is 4.38. The molecule has 1 aromatic carbocycles. The maximum absolute atomic E-state index is 10.0. The minimum Gasteiger partial charge on any atom is -0.492 e. The molecule has 0 radical (unpaired) electrons. The molecule has 0 heterocycles. The average Bonchev–Trinajstić information content (AvgIpc) is 2.22. The Morgan fingerprint density at radius 1 is 1.24 bits per heavy atom. The Kier molecular flexibility index (Phi) is 5.57. The van der Waals surface area contributed by atoms with Gasteiger partial charge in [0.15, 0.2) is 0 Å². The molecule has 1 rings (SSSR count). The summed E-state index contributed by atoms with van der Waals surface area (Å²) in [4.78, 5) is 0. The van der Waals surface area contributed by atoms with Gasteiger partial charge in [-0.25, -0.2) is 0 Å². The molecule has 1 aromatic rings. The molecule has 96 valence electrons. The summed E-state index contributed by atoms with van der Waals surface area (Å²) in [7, 11) is 0. The SMILES string of the molecule is CCOc1cc(Cl)c(C(O)CC(C)C)cc1Cl. The maximum atomic E-state index is 10.0. The molecule has 17 heavy (non-hydrogen) atoms. The fraction of sp³-hybridized carbons (Fsp3) is 0.538. The summed E-state index contributed by atoms with van der Waals surface area (Å²) in [6.45, 7) is 6.51. The van der Waals surface area contributed by atoms with E-state index in [1.807, 2.05) is 20.8 Å². The highest BCUT2D eigenvalue weighted by Crippen LogP contribution is 2.35. The number of rotatable bonds is 5. The quantitative estimate of drug-likeness (QED) is 0.860. The molecule has 2 nitrogen and oxygen atoms in total. The van der Waals surface area contributed by atoms with Crippen LogP contribution >= 0.6 is 23.2 Å². The zero-order valence-electron chi connectivity index (χ0n) is 10.3. The van der Waals surface area contributed by atoms with Crippen LogP contribution in [0.25, 0.3) is 0 Å². The van der Waals surface area contributed by atoms with E-state index in [9.17, 15) is 5.11 Å². The third-order valence-electron chi connectivity index (χ3n) is 2.40. The van der Waals surface area contributed by atoms with Crippen LogP contribution in [0, 0.1) is 5.92 Å². The van der Waals surface area contributed by atoms with Crippen LogP contribution in [0.5, 0.6) is 5.75 Å². The largest absolute Gasteiger partial charge is 0.492 e. The third-order valence-corrected chi connectivity index (χ3v) is 3.03. The van der Waals surface area contributed by atoms with Crippen molar-refractivity contribution < 1.29 is 9.84 Å². The van der Waals surface area contributed by atoms with E-state index in [-0.39, 0.29) is 0 Å². The Hall–Kier alpha value is -0.440. The van der Waals surface area contributed by atoms with Crippen molar-refractivity contribution in [3.63, 3.8) is 0 Å². The lowest BCUT2D eigenvalue weighted by Gasteiger charge is -2.16. The molecule has 0 aliphatic rings. The first kappa shape index (κ1) is 14.6. The molecular weight excluding hydrogens is 259 g/mol. The van der Waals surface area contributed by atoms with Crippen LogP contribution in [0.3, 0.4) is 0 Å². The Bertz CT molecular complexity index is 378. The summed E-state index contributed by atoms with van der Waals surface area (Å²) in [5.74, 6) is 0.950. The number of aliphatic hydroxyl groups excluding tert-OH is 1. The monoisotopic (exact) mass is 276 g/mol. The number of benzene rings is 1. The van der Waals surface area contributed by atoms with Gasteiger partial charge in [-0.2, -0.15) is 0 Å². The van der Waals surface area contributed by atoms with E-state index >= 15 is 0 Å². The van der Waals surface area contributed by atoms with E-state index in [0.29, 0.717) is 40.3 Å². The normalized spacial score (nSPS) is 12.9. The van der Waals surface area contributed by atoms with Crippen LogP contribution in [-0.4, -0.2) is 11.7 Å². The van der Waals surface area contributed by atoms with Crippen molar-refractivity contribution in [2.45, 2.75) is 33.3 Å². The van der Waals surface area contributed by atoms with E-state index in [4.69, 9.17) is 27.9 Å². The van der Waals surface area contributed by atoms with Crippen molar-refractivity contribution in [1.82, 2.24) is 0 Å². The molecule has 1 atom stereocenters. The number of halogens is 2. The van der Waals surface area contributed by atoms with Crippen molar-refractivity contribution in [2.24, 2.45) is 5.92 Å². The van der Waals surface area contributed by atoms with Crippen molar-refractivity contribution >= 4 is 23.2 Å². The fourth-order valence-electron chi connectivity index (χ4n) is 1.64. The van der Waals surface area contributed by atoms with Crippen molar-refractivity contribution in [3.05, 3.63) is 27.7 Å². The van der Waals surface area contributed by atoms with E-state index < -0.39 is 6.10 Å². The van der Waals surface area contributed by atoms with Gasteiger partial charge in [0.1, 0.15) is 5.75 Å². The molecule has 0 spiro atoms. The Labute approximate surface area is 113 Å². The van der Waals surface area contributed by atoms with Crippen molar-refractivity contribution in [1.29, 1.82) is 0 Å². The van der Waals surface area contributed by atoms with Crippen LogP contribution in [0.2, 0.25) is 10.0 Å². The van der Waals surface area contributed by atoms with Gasteiger partial charge >= 0.3 is 0 Å². The molecule has 1 unspecified atom stereocenters. The van der Waals surface area contributed by atoms with Gasteiger partial charge < -0.3 is 9.84 Å². The lowest BCUT2D eigenvalue weighted by molar-refractivity contribution is 0.151. The molecule has 0 amide bonds. The zero-order valence-corrected chi connectivity index (χ0v) is 11.8. The van der Waals surface area contributed by atoms with Crippen molar-refractivity contribution in [3.8, 4) is 5.75 Å². The molecular formula is C13H18Cl2O2. The summed E-state index contributed by atoms with van der Waals surface area (Å²) in [5.41, 5.74) is 0.661. The molecule has 0 aliphatic heterocycles. The second-order valence-corrected chi connectivity index (χ2v) is 5.20. The highest BCUT2D eigenvalue weighted by molar-refractivity contribution is 6.34. The minimum atomic E-state index is -0.587. The third kappa shape index (κ3) is 4.06. The summed E-state index contributed by atoms with van der Waals surface area (Å²) in [5, 5.41) is 11.0.